The highest BCUT2D eigenvalue weighted by Gasteiger charge is 2.12. The molecule has 0 bridgehead atoms. The van der Waals surface area contributed by atoms with Gasteiger partial charge in [-0.25, -0.2) is 0 Å². The van der Waals surface area contributed by atoms with Gasteiger partial charge in [-0.3, -0.25) is 4.79 Å². The predicted octanol–water partition coefficient (Wildman–Crippen LogP) is 4.39. The summed E-state index contributed by atoms with van der Waals surface area (Å²) in [5.74, 6) is 0.918. The number of hydrogen-bond acceptors (Lipinski definition) is 2. The van der Waals surface area contributed by atoms with Crippen LogP contribution in [0.3, 0.4) is 0 Å². The number of ether oxygens (including phenoxy) is 1. The maximum Gasteiger partial charge on any atom is 0.167 e. The molecule has 0 saturated heterocycles. The van der Waals surface area contributed by atoms with Crippen molar-refractivity contribution in [3.63, 3.8) is 0 Å². The van der Waals surface area contributed by atoms with Crippen LogP contribution >= 0.6 is 11.6 Å². The third-order valence-electron chi connectivity index (χ3n) is 3.32. The van der Waals surface area contributed by atoms with Gasteiger partial charge in [0.15, 0.2) is 5.78 Å². The van der Waals surface area contributed by atoms with Crippen molar-refractivity contribution in [1.29, 1.82) is 0 Å². The number of benzene rings is 2. The molecule has 0 N–H and O–H groups in total. The molecular weight excluding hydrogens is 272 g/mol. The van der Waals surface area contributed by atoms with E-state index in [0.717, 1.165) is 28.0 Å². The SMILES string of the molecule is COc1cc(C)c(C(=O)Cc2ccc(Cl)cc2)cc1C. The normalized spacial score (nSPS) is 10.4. The van der Waals surface area contributed by atoms with Crippen molar-refractivity contribution in [1.82, 2.24) is 0 Å². The first-order valence-electron chi connectivity index (χ1n) is 6.44. The average molecular weight is 289 g/mol. The lowest BCUT2D eigenvalue weighted by Gasteiger charge is -2.10. The van der Waals surface area contributed by atoms with Gasteiger partial charge in [0.25, 0.3) is 0 Å². The second-order valence-corrected chi connectivity index (χ2v) is 5.30. The topological polar surface area (TPSA) is 26.3 Å². The zero-order chi connectivity index (χ0) is 14.7. The number of halogens is 1. The summed E-state index contributed by atoms with van der Waals surface area (Å²) in [6.45, 7) is 3.87. The average Bonchev–Trinajstić information content (AvgIpc) is 2.43. The largest absolute Gasteiger partial charge is 0.496 e. The van der Waals surface area contributed by atoms with Crippen LogP contribution in [0.5, 0.6) is 5.75 Å². The summed E-state index contributed by atoms with van der Waals surface area (Å²) in [4.78, 5) is 12.4. The Morgan fingerprint density at radius 3 is 2.35 bits per heavy atom. The molecule has 0 aliphatic rings. The minimum atomic E-state index is 0.107. The summed E-state index contributed by atoms with van der Waals surface area (Å²) in [5.41, 5.74) is 3.62. The Bertz CT molecular complexity index is 630. The maximum absolute atomic E-state index is 12.4. The summed E-state index contributed by atoms with van der Waals surface area (Å²) in [6, 6.07) is 11.2. The Morgan fingerprint density at radius 1 is 1.10 bits per heavy atom. The van der Waals surface area contributed by atoms with Crippen molar-refractivity contribution >= 4 is 17.4 Å². The zero-order valence-electron chi connectivity index (χ0n) is 11.9. The first-order valence-corrected chi connectivity index (χ1v) is 6.82. The monoisotopic (exact) mass is 288 g/mol. The van der Waals surface area contributed by atoms with E-state index in [1.807, 2.05) is 38.1 Å². The first-order chi connectivity index (χ1) is 9.51. The van der Waals surface area contributed by atoms with Crippen molar-refractivity contribution < 1.29 is 9.53 Å². The Morgan fingerprint density at radius 2 is 1.75 bits per heavy atom. The number of methoxy groups -OCH3 is 1. The minimum Gasteiger partial charge on any atom is -0.496 e. The fraction of sp³-hybridized carbons (Fsp3) is 0.235. The molecule has 20 heavy (non-hydrogen) atoms. The fourth-order valence-corrected chi connectivity index (χ4v) is 2.32. The molecule has 104 valence electrons. The first kappa shape index (κ1) is 14.6. The van der Waals surface area contributed by atoms with E-state index in [-0.39, 0.29) is 5.78 Å². The van der Waals surface area contributed by atoms with E-state index >= 15 is 0 Å². The van der Waals surface area contributed by atoms with Crippen molar-refractivity contribution in [2.75, 3.05) is 7.11 Å². The molecule has 0 spiro atoms. The maximum atomic E-state index is 12.4. The van der Waals surface area contributed by atoms with Gasteiger partial charge in [-0.15, -0.1) is 0 Å². The number of Topliss-reactive ketones (excluding diaryl/α,β-unsaturated/α-hetero) is 1. The van der Waals surface area contributed by atoms with Gasteiger partial charge in [0.2, 0.25) is 0 Å². The molecule has 0 unspecified atom stereocenters. The summed E-state index contributed by atoms with van der Waals surface area (Å²) < 4.78 is 5.27. The van der Waals surface area contributed by atoms with E-state index < -0.39 is 0 Å². The molecule has 0 amide bonds. The lowest BCUT2D eigenvalue weighted by atomic mass is 9.97. The summed E-state index contributed by atoms with van der Waals surface area (Å²) in [5, 5.41) is 0.678. The third-order valence-corrected chi connectivity index (χ3v) is 3.57. The lowest BCUT2D eigenvalue weighted by molar-refractivity contribution is 0.0992. The summed E-state index contributed by atoms with van der Waals surface area (Å²) in [6.07, 6.45) is 0.379. The van der Waals surface area contributed by atoms with Crippen molar-refractivity contribution in [3.05, 3.63) is 63.7 Å². The Hall–Kier alpha value is -1.80. The highest BCUT2D eigenvalue weighted by Crippen LogP contribution is 2.23. The van der Waals surface area contributed by atoms with E-state index in [0.29, 0.717) is 11.4 Å². The van der Waals surface area contributed by atoms with Gasteiger partial charge in [-0.2, -0.15) is 0 Å². The second kappa shape index (κ2) is 6.10. The van der Waals surface area contributed by atoms with Gasteiger partial charge in [0.1, 0.15) is 5.75 Å². The van der Waals surface area contributed by atoms with Crippen LogP contribution < -0.4 is 4.74 Å². The van der Waals surface area contributed by atoms with E-state index in [1.165, 1.54) is 0 Å². The van der Waals surface area contributed by atoms with Gasteiger partial charge in [-0.1, -0.05) is 23.7 Å². The van der Waals surface area contributed by atoms with Crippen molar-refractivity contribution in [2.24, 2.45) is 0 Å². The molecule has 0 heterocycles. The highest BCUT2D eigenvalue weighted by molar-refractivity contribution is 6.30. The van der Waals surface area contributed by atoms with E-state index in [9.17, 15) is 4.79 Å². The van der Waals surface area contributed by atoms with Crippen LogP contribution in [0, 0.1) is 13.8 Å². The van der Waals surface area contributed by atoms with Gasteiger partial charge < -0.3 is 4.74 Å². The molecule has 0 saturated carbocycles. The summed E-state index contributed by atoms with van der Waals surface area (Å²) >= 11 is 5.85. The Balaban J connectivity index is 2.25. The standard InChI is InChI=1S/C17H17ClO2/c1-11-9-17(20-3)12(2)8-15(11)16(19)10-13-4-6-14(18)7-5-13/h4-9H,10H2,1-3H3. The molecular formula is C17H17ClO2. The van der Waals surface area contributed by atoms with Crippen LogP contribution in [-0.4, -0.2) is 12.9 Å². The van der Waals surface area contributed by atoms with Gasteiger partial charge >= 0.3 is 0 Å². The Labute approximate surface area is 124 Å². The molecule has 0 fully saturated rings. The molecule has 0 atom stereocenters. The fourth-order valence-electron chi connectivity index (χ4n) is 2.19. The Kier molecular flexibility index (Phi) is 4.46. The smallest absolute Gasteiger partial charge is 0.167 e. The number of rotatable bonds is 4. The van der Waals surface area contributed by atoms with Gasteiger partial charge in [0, 0.05) is 17.0 Å². The molecule has 0 aromatic heterocycles. The molecule has 2 nitrogen and oxygen atoms in total. The zero-order valence-corrected chi connectivity index (χ0v) is 12.6. The molecule has 0 aliphatic heterocycles. The molecule has 2 aromatic rings. The van der Waals surface area contributed by atoms with Crippen molar-refractivity contribution in [3.8, 4) is 5.75 Å². The number of carbonyl (C=O) groups excluding carboxylic acids is 1. The van der Waals surface area contributed by atoms with Crippen LogP contribution in [0.25, 0.3) is 0 Å². The lowest BCUT2D eigenvalue weighted by Crippen LogP contribution is -2.06. The quantitative estimate of drug-likeness (QED) is 0.780. The summed E-state index contributed by atoms with van der Waals surface area (Å²) in [7, 11) is 1.64. The second-order valence-electron chi connectivity index (χ2n) is 4.86. The highest BCUT2D eigenvalue weighted by atomic mass is 35.5. The van der Waals surface area contributed by atoms with Gasteiger partial charge in [0.05, 0.1) is 7.11 Å². The van der Waals surface area contributed by atoms with E-state index in [1.54, 1.807) is 19.2 Å². The van der Waals surface area contributed by atoms with Gasteiger partial charge in [-0.05, 0) is 54.8 Å². The third kappa shape index (κ3) is 3.20. The number of aryl methyl sites for hydroxylation is 2. The van der Waals surface area contributed by atoms with Crippen LogP contribution in [0.1, 0.15) is 27.0 Å². The molecule has 2 aromatic carbocycles. The number of carbonyl (C=O) groups is 1. The van der Waals surface area contributed by atoms with Crippen LogP contribution in [0.4, 0.5) is 0 Å². The van der Waals surface area contributed by atoms with E-state index in [2.05, 4.69) is 0 Å². The molecule has 3 heteroatoms. The van der Waals surface area contributed by atoms with Crippen molar-refractivity contribution in [2.45, 2.75) is 20.3 Å². The van der Waals surface area contributed by atoms with Crippen LogP contribution in [0.2, 0.25) is 5.02 Å². The predicted molar refractivity (Wildman–Crippen MR) is 82.0 cm³/mol. The molecule has 0 aliphatic carbocycles. The molecule has 0 radical (unpaired) electrons. The van der Waals surface area contributed by atoms with Crippen LogP contribution in [-0.2, 0) is 6.42 Å². The minimum absolute atomic E-state index is 0.107. The molecule has 2 rings (SSSR count). The number of hydrogen-bond donors (Lipinski definition) is 0. The van der Waals surface area contributed by atoms with E-state index in [4.69, 9.17) is 16.3 Å². The van der Waals surface area contributed by atoms with Crippen LogP contribution in [0.15, 0.2) is 36.4 Å². The number of ketones is 1.